The summed E-state index contributed by atoms with van der Waals surface area (Å²) < 4.78 is 0. The first-order chi connectivity index (χ1) is 9.99. The fraction of sp³-hybridized carbons (Fsp3) is 0.529. The fourth-order valence-electron chi connectivity index (χ4n) is 2.88. The third kappa shape index (κ3) is 3.84. The Morgan fingerprint density at radius 1 is 1.33 bits per heavy atom. The van der Waals surface area contributed by atoms with Gasteiger partial charge in [-0.25, -0.2) is 4.79 Å². The maximum absolute atomic E-state index is 12.6. The Morgan fingerprint density at radius 3 is 2.71 bits per heavy atom. The Balaban J connectivity index is 2.11. The molecule has 1 amide bonds. The van der Waals surface area contributed by atoms with Gasteiger partial charge in [-0.2, -0.15) is 0 Å². The second-order valence-corrected chi connectivity index (χ2v) is 6.15. The summed E-state index contributed by atoms with van der Waals surface area (Å²) in [6, 6.07) is 6.62. The molecular weight excluding hydrogens is 266 g/mol. The van der Waals surface area contributed by atoms with Gasteiger partial charge in [0.1, 0.15) is 0 Å². The molecule has 0 saturated carbocycles. The monoisotopic (exact) mass is 289 g/mol. The molecule has 0 spiro atoms. The van der Waals surface area contributed by atoms with Crippen LogP contribution in [0.3, 0.4) is 0 Å². The van der Waals surface area contributed by atoms with E-state index in [0.717, 1.165) is 32.2 Å². The van der Waals surface area contributed by atoms with Crippen LogP contribution < -0.4 is 0 Å². The molecule has 1 atom stereocenters. The standard InChI is InChI=1S/C17H23NO3/c1-12(2)8-9-15-7-4-10-18(15)16(19)13-5-3-6-14(11-13)17(20)21/h3,5-6,11-12,15H,4,7-10H2,1-2H3,(H,20,21). The van der Waals surface area contributed by atoms with Crippen LogP contribution in [-0.2, 0) is 0 Å². The first-order valence-electron chi connectivity index (χ1n) is 7.63. The minimum Gasteiger partial charge on any atom is -0.478 e. The van der Waals surface area contributed by atoms with Gasteiger partial charge in [-0.05, 0) is 49.8 Å². The van der Waals surface area contributed by atoms with Crippen molar-refractivity contribution in [3.05, 3.63) is 35.4 Å². The molecule has 0 aliphatic carbocycles. The molecule has 1 N–H and O–H groups in total. The summed E-state index contributed by atoms with van der Waals surface area (Å²) >= 11 is 0. The molecule has 1 heterocycles. The van der Waals surface area contributed by atoms with Crippen molar-refractivity contribution in [3.63, 3.8) is 0 Å². The van der Waals surface area contributed by atoms with E-state index >= 15 is 0 Å². The summed E-state index contributed by atoms with van der Waals surface area (Å²) in [6.07, 6.45) is 4.23. The van der Waals surface area contributed by atoms with Crippen LogP contribution in [0.5, 0.6) is 0 Å². The third-order valence-electron chi connectivity index (χ3n) is 4.07. The van der Waals surface area contributed by atoms with Gasteiger partial charge < -0.3 is 10.0 Å². The molecule has 1 aromatic rings. The van der Waals surface area contributed by atoms with E-state index in [0.29, 0.717) is 17.5 Å². The molecule has 1 unspecified atom stereocenters. The van der Waals surface area contributed by atoms with Crippen LogP contribution >= 0.6 is 0 Å². The van der Waals surface area contributed by atoms with Crippen molar-refractivity contribution in [2.45, 2.75) is 45.6 Å². The second kappa shape index (κ2) is 6.74. The van der Waals surface area contributed by atoms with Gasteiger partial charge in [0.25, 0.3) is 5.91 Å². The average Bonchev–Trinajstić information content (AvgIpc) is 2.92. The topological polar surface area (TPSA) is 57.6 Å². The molecule has 4 nitrogen and oxygen atoms in total. The molecule has 1 aliphatic heterocycles. The number of likely N-dealkylation sites (tertiary alicyclic amines) is 1. The molecule has 21 heavy (non-hydrogen) atoms. The number of carbonyl (C=O) groups excluding carboxylic acids is 1. The summed E-state index contributed by atoms with van der Waals surface area (Å²) in [6.45, 7) is 5.16. The zero-order valence-corrected chi connectivity index (χ0v) is 12.7. The van der Waals surface area contributed by atoms with Gasteiger partial charge in [-0.3, -0.25) is 4.79 Å². The number of carboxylic acids is 1. The second-order valence-electron chi connectivity index (χ2n) is 6.15. The highest BCUT2D eigenvalue weighted by atomic mass is 16.4. The number of carbonyl (C=O) groups is 2. The van der Waals surface area contributed by atoms with Crippen molar-refractivity contribution in [1.29, 1.82) is 0 Å². The number of amides is 1. The lowest BCUT2D eigenvalue weighted by Gasteiger charge is -2.25. The number of hydrogen-bond donors (Lipinski definition) is 1. The highest BCUT2D eigenvalue weighted by molar-refractivity contribution is 5.97. The molecule has 1 aliphatic rings. The summed E-state index contributed by atoms with van der Waals surface area (Å²) in [7, 11) is 0. The molecule has 0 bridgehead atoms. The lowest BCUT2D eigenvalue weighted by atomic mass is 10.0. The van der Waals surface area contributed by atoms with E-state index in [2.05, 4.69) is 13.8 Å². The molecule has 4 heteroatoms. The maximum Gasteiger partial charge on any atom is 0.335 e. The quantitative estimate of drug-likeness (QED) is 0.903. The summed E-state index contributed by atoms with van der Waals surface area (Å²) in [5, 5.41) is 9.03. The largest absolute Gasteiger partial charge is 0.478 e. The minimum atomic E-state index is -0.998. The van der Waals surface area contributed by atoms with E-state index in [1.54, 1.807) is 12.1 Å². The van der Waals surface area contributed by atoms with E-state index in [1.165, 1.54) is 12.1 Å². The predicted molar refractivity (Wildman–Crippen MR) is 81.5 cm³/mol. The third-order valence-corrected chi connectivity index (χ3v) is 4.07. The van der Waals surface area contributed by atoms with E-state index in [4.69, 9.17) is 5.11 Å². The van der Waals surface area contributed by atoms with Crippen molar-refractivity contribution in [2.24, 2.45) is 5.92 Å². The Labute approximate surface area is 125 Å². The van der Waals surface area contributed by atoms with Gasteiger partial charge in [0.05, 0.1) is 5.56 Å². The van der Waals surface area contributed by atoms with Gasteiger partial charge >= 0.3 is 5.97 Å². The zero-order valence-electron chi connectivity index (χ0n) is 12.7. The van der Waals surface area contributed by atoms with Gasteiger partial charge in [0.15, 0.2) is 0 Å². The Morgan fingerprint density at radius 2 is 2.05 bits per heavy atom. The highest BCUT2D eigenvalue weighted by Gasteiger charge is 2.29. The zero-order chi connectivity index (χ0) is 15.4. The average molecular weight is 289 g/mol. The van der Waals surface area contributed by atoms with Gasteiger partial charge in [-0.1, -0.05) is 19.9 Å². The molecule has 1 fully saturated rings. The maximum atomic E-state index is 12.6. The molecule has 114 valence electrons. The normalized spacial score (nSPS) is 18.2. The number of rotatable bonds is 5. The molecule has 1 aromatic carbocycles. The van der Waals surface area contributed by atoms with Crippen molar-refractivity contribution < 1.29 is 14.7 Å². The number of benzene rings is 1. The van der Waals surface area contributed by atoms with Crippen molar-refractivity contribution >= 4 is 11.9 Å². The van der Waals surface area contributed by atoms with Gasteiger partial charge in [0.2, 0.25) is 0 Å². The van der Waals surface area contributed by atoms with Crippen LogP contribution in [0, 0.1) is 5.92 Å². The van der Waals surface area contributed by atoms with Crippen LogP contribution in [0.15, 0.2) is 24.3 Å². The molecule has 2 rings (SSSR count). The van der Waals surface area contributed by atoms with Crippen LogP contribution in [0.2, 0.25) is 0 Å². The number of carboxylic acid groups (broad SMARTS) is 1. The van der Waals surface area contributed by atoms with Crippen LogP contribution in [0.4, 0.5) is 0 Å². The fourth-order valence-corrected chi connectivity index (χ4v) is 2.88. The Bertz CT molecular complexity index is 525. The lowest BCUT2D eigenvalue weighted by Crippen LogP contribution is -2.35. The van der Waals surface area contributed by atoms with Crippen LogP contribution in [0.1, 0.15) is 60.2 Å². The molecule has 0 aromatic heterocycles. The Hall–Kier alpha value is -1.84. The number of hydrogen-bond acceptors (Lipinski definition) is 2. The molecular formula is C17H23NO3. The van der Waals surface area contributed by atoms with E-state index in [9.17, 15) is 9.59 Å². The summed E-state index contributed by atoms with van der Waals surface area (Å²) in [5.41, 5.74) is 0.644. The van der Waals surface area contributed by atoms with Crippen molar-refractivity contribution in [1.82, 2.24) is 4.90 Å². The number of aromatic carboxylic acids is 1. The molecule has 1 saturated heterocycles. The SMILES string of the molecule is CC(C)CCC1CCCN1C(=O)c1cccc(C(=O)O)c1. The molecule has 0 radical (unpaired) electrons. The van der Waals surface area contributed by atoms with Gasteiger partial charge in [0, 0.05) is 18.2 Å². The van der Waals surface area contributed by atoms with Gasteiger partial charge in [-0.15, -0.1) is 0 Å². The van der Waals surface area contributed by atoms with Crippen molar-refractivity contribution in [2.75, 3.05) is 6.54 Å². The number of nitrogens with zero attached hydrogens (tertiary/aromatic N) is 1. The van der Waals surface area contributed by atoms with Crippen LogP contribution in [-0.4, -0.2) is 34.5 Å². The van der Waals surface area contributed by atoms with E-state index < -0.39 is 5.97 Å². The van der Waals surface area contributed by atoms with Crippen LogP contribution in [0.25, 0.3) is 0 Å². The first kappa shape index (κ1) is 15.5. The lowest BCUT2D eigenvalue weighted by molar-refractivity contribution is 0.0697. The predicted octanol–water partition coefficient (Wildman–Crippen LogP) is 3.43. The Kier molecular flexibility index (Phi) is 4.99. The van der Waals surface area contributed by atoms with E-state index in [1.807, 2.05) is 4.90 Å². The highest BCUT2D eigenvalue weighted by Crippen LogP contribution is 2.25. The first-order valence-corrected chi connectivity index (χ1v) is 7.63. The smallest absolute Gasteiger partial charge is 0.335 e. The minimum absolute atomic E-state index is 0.0376. The van der Waals surface area contributed by atoms with E-state index in [-0.39, 0.29) is 11.5 Å². The van der Waals surface area contributed by atoms with Crippen molar-refractivity contribution in [3.8, 4) is 0 Å². The summed E-state index contributed by atoms with van der Waals surface area (Å²) in [5.74, 6) is -0.398. The summed E-state index contributed by atoms with van der Waals surface area (Å²) in [4.78, 5) is 25.5.